The van der Waals surface area contributed by atoms with Crippen LogP contribution in [0.15, 0.2) is 75.3 Å². The zero-order valence-electron chi connectivity index (χ0n) is 33.8. The van der Waals surface area contributed by atoms with Gasteiger partial charge in [0.2, 0.25) is 0 Å². The Hall–Kier alpha value is -5.97. The molecule has 2 heterocycles. The third-order valence-electron chi connectivity index (χ3n) is 9.84. The van der Waals surface area contributed by atoms with Crippen molar-refractivity contribution in [3.8, 4) is 57.3 Å². The van der Waals surface area contributed by atoms with Crippen molar-refractivity contribution in [3.05, 3.63) is 88.7 Å². The first-order valence-electron chi connectivity index (χ1n) is 18.0. The average molecular weight is 754 g/mol. The predicted octanol–water partition coefficient (Wildman–Crippen LogP) is 9.97. The number of fused-ring (bicyclic) bond motifs is 2. The molecule has 0 saturated carbocycles. The van der Waals surface area contributed by atoms with Crippen molar-refractivity contribution >= 4 is 22.2 Å². The Morgan fingerprint density at radius 2 is 1.02 bits per heavy atom. The molecule has 0 saturated heterocycles. The van der Waals surface area contributed by atoms with Crippen molar-refractivity contribution in [1.82, 2.24) is 0 Å². The summed E-state index contributed by atoms with van der Waals surface area (Å²) in [6.07, 6.45) is 1.76. The summed E-state index contributed by atoms with van der Waals surface area (Å²) in [6, 6.07) is 19.5. The largest absolute Gasteiger partial charge is 0.493 e. The van der Waals surface area contributed by atoms with Crippen LogP contribution < -0.4 is 37.9 Å². The number of methoxy groups -OCH3 is 8. The molecule has 1 aliphatic heterocycles. The van der Waals surface area contributed by atoms with Crippen molar-refractivity contribution in [2.75, 3.05) is 56.9 Å². The lowest BCUT2D eigenvalue weighted by atomic mass is 9.85. The minimum absolute atomic E-state index is 0. The fourth-order valence-corrected chi connectivity index (χ4v) is 6.98. The fourth-order valence-electron chi connectivity index (χ4n) is 6.98. The van der Waals surface area contributed by atoms with Gasteiger partial charge < -0.3 is 37.9 Å². The maximum atomic E-state index is 6.25. The number of benzene rings is 4. The van der Waals surface area contributed by atoms with Gasteiger partial charge in [-0.2, -0.15) is 5.10 Å². The van der Waals surface area contributed by atoms with Gasteiger partial charge in [-0.25, -0.2) is 4.42 Å². The lowest BCUT2D eigenvalue weighted by molar-refractivity contribution is 0.354. The molecule has 0 amide bonds. The summed E-state index contributed by atoms with van der Waals surface area (Å²) in [7, 11) is 13.0. The third-order valence-corrected chi connectivity index (χ3v) is 9.84. The van der Waals surface area contributed by atoms with Gasteiger partial charge in [-0.1, -0.05) is 13.8 Å². The second-order valence-corrected chi connectivity index (χ2v) is 12.7. The molecular formula is C44H53N2O9+. The molecule has 1 atom stereocenters. The SMILES string of the molecule is CCC1C(C)=NN=C(c2ccc(OC)c(OC)c2)c2cc(OC)c(OC)cc21.CCc1c(C)[o+]c(-c2ccc(OC)c(OC)c2)c2cc(OC)c(OC)cc12.[HH]. The first-order chi connectivity index (χ1) is 26.6. The Morgan fingerprint density at radius 1 is 0.545 bits per heavy atom. The molecule has 0 bridgehead atoms. The second-order valence-electron chi connectivity index (χ2n) is 12.7. The number of nitrogens with zero attached hydrogens (tertiary/aromatic N) is 2. The summed E-state index contributed by atoms with van der Waals surface area (Å²) < 4.78 is 50.0. The number of aryl methyl sites for hydroxylation is 2. The standard InChI is InChI=1S/C22H26N2O4.C22H25O5.H2/c1-7-15-13(2)23-24-22(14-8-9-18(25-3)19(10-14)26-4)17-12-21(28-6)20(27-5)11-16(15)17;1-7-15-13(2)27-22(14-8-9-18(23-3)19(10-14)24-4)17-12-21(26-6)20(25-5)11-16(15)17;/h8-12,15H,7H2,1-6H3;8-12H,7H2,1-6H3;1H/q;+1;. The first-order valence-corrected chi connectivity index (χ1v) is 18.0. The minimum atomic E-state index is 0. The zero-order valence-corrected chi connectivity index (χ0v) is 33.8. The fraction of sp³-hybridized carbons (Fsp3) is 0.341. The van der Waals surface area contributed by atoms with E-state index in [0.29, 0.717) is 46.0 Å². The zero-order chi connectivity index (χ0) is 39.8. The summed E-state index contributed by atoms with van der Waals surface area (Å²) >= 11 is 0. The Bertz CT molecular complexity index is 2240. The van der Waals surface area contributed by atoms with Gasteiger partial charge in [0.25, 0.3) is 0 Å². The molecule has 6 rings (SSSR count). The predicted molar refractivity (Wildman–Crippen MR) is 219 cm³/mol. The number of hydrogen-bond acceptors (Lipinski definition) is 10. The Balaban J connectivity index is 0.000000244. The van der Waals surface area contributed by atoms with E-state index in [9.17, 15) is 0 Å². The molecule has 0 N–H and O–H groups in total. The number of ether oxygens (including phenoxy) is 8. The summed E-state index contributed by atoms with van der Waals surface area (Å²) in [5.74, 6) is 7.12. The van der Waals surface area contributed by atoms with E-state index in [1.54, 1.807) is 56.9 Å². The molecule has 292 valence electrons. The van der Waals surface area contributed by atoms with Crippen molar-refractivity contribution < 1.29 is 43.7 Å². The van der Waals surface area contributed by atoms with Crippen LogP contribution in [0.1, 0.15) is 62.6 Å². The molecular weight excluding hydrogens is 700 g/mol. The van der Waals surface area contributed by atoms with Gasteiger partial charge >= 0.3 is 11.5 Å². The lowest BCUT2D eigenvalue weighted by Gasteiger charge is -2.20. The Morgan fingerprint density at radius 3 is 1.55 bits per heavy atom. The van der Waals surface area contributed by atoms with E-state index in [4.69, 9.17) is 42.3 Å². The maximum Gasteiger partial charge on any atom is 0.368 e. The van der Waals surface area contributed by atoms with Crippen LogP contribution in [0.5, 0.6) is 46.0 Å². The Kier molecular flexibility index (Phi) is 13.1. The summed E-state index contributed by atoms with van der Waals surface area (Å²) in [5.41, 5.74) is 6.74. The van der Waals surface area contributed by atoms with Crippen molar-refractivity contribution in [1.29, 1.82) is 0 Å². The van der Waals surface area contributed by atoms with E-state index in [1.807, 2.05) is 74.5 Å². The van der Waals surface area contributed by atoms with Crippen LogP contribution in [0, 0.1) is 6.92 Å². The van der Waals surface area contributed by atoms with Gasteiger partial charge in [-0.05, 0) is 73.9 Å². The van der Waals surface area contributed by atoms with Crippen LogP contribution in [-0.2, 0) is 6.42 Å². The van der Waals surface area contributed by atoms with Crippen LogP contribution in [0.25, 0.3) is 22.1 Å². The monoisotopic (exact) mass is 753 g/mol. The molecule has 0 radical (unpaired) electrons. The molecule has 4 aromatic carbocycles. The van der Waals surface area contributed by atoms with Crippen molar-refractivity contribution in [2.24, 2.45) is 10.2 Å². The highest BCUT2D eigenvalue weighted by Crippen LogP contribution is 2.43. The topological polar surface area (TPSA) is 110 Å². The van der Waals surface area contributed by atoms with E-state index in [2.05, 4.69) is 24.1 Å². The Labute approximate surface area is 324 Å². The number of hydrogen-bond donors (Lipinski definition) is 0. The van der Waals surface area contributed by atoms with E-state index < -0.39 is 0 Å². The van der Waals surface area contributed by atoms with E-state index in [-0.39, 0.29) is 7.34 Å². The molecule has 11 nitrogen and oxygen atoms in total. The van der Waals surface area contributed by atoms with Gasteiger partial charge in [0.1, 0.15) is 5.71 Å². The highest BCUT2D eigenvalue weighted by Gasteiger charge is 2.28. The van der Waals surface area contributed by atoms with Crippen molar-refractivity contribution in [3.63, 3.8) is 0 Å². The summed E-state index contributed by atoms with van der Waals surface area (Å²) in [5, 5.41) is 11.1. The second kappa shape index (κ2) is 17.9. The van der Waals surface area contributed by atoms with Gasteiger partial charge in [-0.3, -0.25) is 0 Å². The van der Waals surface area contributed by atoms with Gasteiger partial charge in [0.05, 0.1) is 80.3 Å². The third kappa shape index (κ3) is 7.97. The number of rotatable bonds is 12. The lowest BCUT2D eigenvalue weighted by Crippen LogP contribution is -2.13. The van der Waals surface area contributed by atoms with E-state index in [1.165, 1.54) is 0 Å². The first kappa shape index (κ1) is 40.2. The van der Waals surface area contributed by atoms with Gasteiger partial charge in [0, 0.05) is 41.7 Å². The van der Waals surface area contributed by atoms with Crippen LogP contribution in [-0.4, -0.2) is 68.3 Å². The molecule has 55 heavy (non-hydrogen) atoms. The van der Waals surface area contributed by atoms with E-state index >= 15 is 0 Å². The molecule has 5 aromatic rings. The van der Waals surface area contributed by atoms with Gasteiger partial charge in [0.15, 0.2) is 46.0 Å². The van der Waals surface area contributed by atoms with Gasteiger partial charge in [-0.15, -0.1) is 5.10 Å². The molecule has 1 unspecified atom stereocenters. The quantitative estimate of drug-likeness (QED) is 0.115. The molecule has 1 aromatic heterocycles. The molecule has 0 fully saturated rings. The maximum absolute atomic E-state index is 6.25. The summed E-state index contributed by atoms with van der Waals surface area (Å²) in [6.45, 7) is 8.25. The summed E-state index contributed by atoms with van der Waals surface area (Å²) in [4.78, 5) is 0. The minimum Gasteiger partial charge on any atom is -0.493 e. The average Bonchev–Trinajstić information content (AvgIpc) is 3.36. The molecule has 11 heteroatoms. The highest BCUT2D eigenvalue weighted by atomic mass is 16.5. The van der Waals surface area contributed by atoms with Crippen LogP contribution in [0.3, 0.4) is 0 Å². The molecule has 0 aliphatic carbocycles. The van der Waals surface area contributed by atoms with Crippen LogP contribution >= 0.6 is 0 Å². The smallest absolute Gasteiger partial charge is 0.368 e. The normalized spacial score (nSPS) is 13.3. The van der Waals surface area contributed by atoms with Crippen LogP contribution in [0.2, 0.25) is 0 Å². The van der Waals surface area contributed by atoms with E-state index in [0.717, 1.165) is 74.4 Å². The highest BCUT2D eigenvalue weighted by molar-refractivity contribution is 6.16. The van der Waals surface area contributed by atoms with Crippen molar-refractivity contribution in [2.45, 2.75) is 46.5 Å². The molecule has 0 spiro atoms. The molecule has 1 aliphatic rings. The van der Waals surface area contributed by atoms with Crippen LogP contribution in [0.4, 0.5) is 0 Å².